The molecule has 2 saturated carbocycles. The molecule has 2 N–H and O–H groups in total. The van der Waals surface area contributed by atoms with Crippen LogP contribution in [0.2, 0.25) is 0 Å². The highest BCUT2D eigenvalue weighted by atomic mass is 16.5. The SMILES string of the molecule is NC1C[C@@H]2CC(OCc3ccccc3)C[C@H]12. The van der Waals surface area contributed by atoms with E-state index in [0.717, 1.165) is 18.4 Å². The van der Waals surface area contributed by atoms with E-state index in [1.165, 1.54) is 24.8 Å². The molecule has 16 heavy (non-hydrogen) atoms. The Labute approximate surface area is 96.8 Å². The number of rotatable bonds is 3. The number of ether oxygens (including phenoxy) is 1. The monoisotopic (exact) mass is 217 g/mol. The lowest BCUT2D eigenvalue weighted by atomic mass is 9.72. The second kappa shape index (κ2) is 4.19. The zero-order chi connectivity index (χ0) is 11.0. The molecule has 0 aliphatic heterocycles. The number of nitrogens with two attached hydrogens (primary N) is 1. The van der Waals surface area contributed by atoms with Gasteiger partial charge in [0, 0.05) is 6.04 Å². The van der Waals surface area contributed by atoms with Crippen molar-refractivity contribution in [1.29, 1.82) is 0 Å². The molecule has 0 saturated heterocycles. The summed E-state index contributed by atoms with van der Waals surface area (Å²) >= 11 is 0. The van der Waals surface area contributed by atoms with E-state index >= 15 is 0 Å². The van der Waals surface area contributed by atoms with Crippen LogP contribution in [-0.4, -0.2) is 12.1 Å². The van der Waals surface area contributed by atoms with Gasteiger partial charge in [-0.25, -0.2) is 0 Å². The Kier molecular flexibility index (Phi) is 2.70. The maximum atomic E-state index is 5.98. The number of hydrogen-bond donors (Lipinski definition) is 1. The van der Waals surface area contributed by atoms with E-state index < -0.39 is 0 Å². The Morgan fingerprint density at radius 1 is 1.12 bits per heavy atom. The van der Waals surface area contributed by atoms with E-state index in [2.05, 4.69) is 24.3 Å². The second-order valence-corrected chi connectivity index (χ2v) is 5.21. The first-order chi connectivity index (χ1) is 7.83. The number of hydrogen-bond acceptors (Lipinski definition) is 2. The first-order valence-corrected chi connectivity index (χ1v) is 6.24. The van der Waals surface area contributed by atoms with Gasteiger partial charge in [0.05, 0.1) is 12.7 Å². The molecule has 0 bridgehead atoms. The molecule has 1 aromatic carbocycles. The zero-order valence-corrected chi connectivity index (χ0v) is 9.51. The molecule has 2 heteroatoms. The maximum Gasteiger partial charge on any atom is 0.0720 e. The average molecular weight is 217 g/mol. The van der Waals surface area contributed by atoms with E-state index in [9.17, 15) is 0 Å². The van der Waals surface area contributed by atoms with Gasteiger partial charge in [0.25, 0.3) is 0 Å². The molecule has 0 spiro atoms. The molecular formula is C14H19NO. The lowest BCUT2D eigenvalue weighted by Gasteiger charge is -2.37. The van der Waals surface area contributed by atoms with Gasteiger partial charge in [-0.2, -0.15) is 0 Å². The van der Waals surface area contributed by atoms with E-state index in [4.69, 9.17) is 10.5 Å². The van der Waals surface area contributed by atoms with Crippen LogP contribution in [0.15, 0.2) is 30.3 Å². The van der Waals surface area contributed by atoms with Crippen molar-refractivity contribution < 1.29 is 4.74 Å². The van der Waals surface area contributed by atoms with Gasteiger partial charge >= 0.3 is 0 Å². The molecule has 0 amide bonds. The van der Waals surface area contributed by atoms with E-state index in [1.54, 1.807) is 0 Å². The van der Waals surface area contributed by atoms with Crippen LogP contribution in [0.25, 0.3) is 0 Å². The molecule has 2 nitrogen and oxygen atoms in total. The van der Waals surface area contributed by atoms with Crippen LogP contribution in [0.4, 0.5) is 0 Å². The lowest BCUT2D eigenvalue weighted by Crippen LogP contribution is -2.44. The molecule has 2 aliphatic carbocycles. The molecule has 4 atom stereocenters. The van der Waals surface area contributed by atoms with Gasteiger partial charge in [0.2, 0.25) is 0 Å². The normalized spacial score (nSPS) is 36.8. The standard InChI is InChI=1S/C14H19NO/c15-14-7-11-6-12(8-13(11)14)16-9-10-4-2-1-3-5-10/h1-5,11-14H,6-9,15H2/t11-,12?,13-,14?/m0/s1. The smallest absolute Gasteiger partial charge is 0.0720 e. The van der Waals surface area contributed by atoms with Crippen LogP contribution in [-0.2, 0) is 11.3 Å². The second-order valence-electron chi connectivity index (χ2n) is 5.21. The number of benzene rings is 1. The average Bonchev–Trinajstić information content (AvgIpc) is 2.65. The van der Waals surface area contributed by atoms with Crippen LogP contribution >= 0.6 is 0 Å². The Bertz CT molecular complexity index is 351. The van der Waals surface area contributed by atoms with Crippen molar-refractivity contribution >= 4 is 0 Å². The van der Waals surface area contributed by atoms with Crippen molar-refractivity contribution in [3.63, 3.8) is 0 Å². The molecule has 2 aliphatic rings. The van der Waals surface area contributed by atoms with Crippen molar-refractivity contribution in [2.45, 2.75) is 38.0 Å². The Morgan fingerprint density at radius 3 is 2.62 bits per heavy atom. The number of fused-ring (bicyclic) bond motifs is 1. The molecular weight excluding hydrogens is 198 g/mol. The van der Waals surface area contributed by atoms with Gasteiger partial charge in [0.15, 0.2) is 0 Å². The van der Waals surface area contributed by atoms with E-state index in [-0.39, 0.29) is 0 Å². The predicted molar refractivity (Wildman–Crippen MR) is 63.8 cm³/mol. The summed E-state index contributed by atoms with van der Waals surface area (Å²) in [6, 6.07) is 10.9. The fourth-order valence-corrected chi connectivity index (χ4v) is 3.15. The minimum absolute atomic E-state index is 0.448. The van der Waals surface area contributed by atoms with Crippen LogP contribution in [0.5, 0.6) is 0 Å². The van der Waals surface area contributed by atoms with E-state index in [1.807, 2.05) is 6.07 Å². The van der Waals surface area contributed by atoms with Gasteiger partial charge in [-0.15, -0.1) is 0 Å². The molecule has 3 rings (SSSR count). The summed E-state index contributed by atoms with van der Waals surface area (Å²) in [7, 11) is 0. The van der Waals surface area contributed by atoms with Crippen molar-refractivity contribution in [1.82, 2.24) is 0 Å². The summed E-state index contributed by atoms with van der Waals surface area (Å²) in [6.45, 7) is 0.750. The van der Waals surface area contributed by atoms with Crippen molar-refractivity contribution in [2.75, 3.05) is 0 Å². The largest absolute Gasteiger partial charge is 0.374 e. The quantitative estimate of drug-likeness (QED) is 0.843. The highest BCUT2D eigenvalue weighted by molar-refractivity contribution is 5.13. The van der Waals surface area contributed by atoms with Crippen LogP contribution < -0.4 is 5.73 Å². The van der Waals surface area contributed by atoms with Gasteiger partial charge in [-0.05, 0) is 36.7 Å². The third-order valence-corrected chi connectivity index (χ3v) is 4.16. The molecule has 2 fully saturated rings. The van der Waals surface area contributed by atoms with Crippen LogP contribution in [0.3, 0.4) is 0 Å². The first kappa shape index (κ1) is 10.3. The highest BCUT2D eigenvalue weighted by Gasteiger charge is 2.46. The van der Waals surface area contributed by atoms with Crippen molar-refractivity contribution in [3.05, 3.63) is 35.9 Å². The Balaban J connectivity index is 1.50. The zero-order valence-electron chi connectivity index (χ0n) is 9.51. The summed E-state index contributed by atoms with van der Waals surface area (Å²) in [5.41, 5.74) is 7.25. The summed E-state index contributed by atoms with van der Waals surface area (Å²) in [5, 5.41) is 0. The van der Waals surface area contributed by atoms with E-state index in [0.29, 0.717) is 12.1 Å². The molecule has 1 aromatic rings. The van der Waals surface area contributed by atoms with Gasteiger partial charge in [-0.3, -0.25) is 0 Å². The molecule has 86 valence electrons. The Morgan fingerprint density at radius 2 is 1.94 bits per heavy atom. The third kappa shape index (κ3) is 1.87. The van der Waals surface area contributed by atoms with Gasteiger partial charge in [0.1, 0.15) is 0 Å². The molecule has 0 radical (unpaired) electrons. The summed E-state index contributed by atoms with van der Waals surface area (Å²) in [5.74, 6) is 1.61. The first-order valence-electron chi connectivity index (χ1n) is 6.24. The fraction of sp³-hybridized carbons (Fsp3) is 0.571. The lowest BCUT2D eigenvalue weighted by molar-refractivity contribution is 0.0429. The maximum absolute atomic E-state index is 5.98. The Hall–Kier alpha value is -0.860. The van der Waals surface area contributed by atoms with Gasteiger partial charge in [-0.1, -0.05) is 30.3 Å². The molecule has 0 aromatic heterocycles. The third-order valence-electron chi connectivity index (χ3n) is 4.16. The van der Waals surface area contributed by atoms with Crippen molar-refractivity contribution in [2.24, 2.45) is 17.6 Å². The fourth-order valence-electron chi connectivity index (χ4n) is 3.15. The van der Waals surface area contributed by atoms with Crippen LogP contribution in [0.1, 0.15) is 24.8 Å². The highest BCUT2D eigenvalue weighted by Crippen LogP contribution is 2.47. The summed E-state index contributed by atoms with van der Waals surface area (Å²) < 4.78 is 5.96. The summed E-state index contributed by atoms with van der Waals surface area (Å²) in [6.07, 6.45) is 4.07. The molecule has 2 unspecified atom stereocenters. The molecule has 0 heterocycles. The topological polar surface area (TPSA) is 35.2 Å². The minimum Gasteiger partial charge on any atom is -0.374 e. The van der Waals surface area contributed by atoms with Gasteiger partial charge < -0.3 is 10.5 Å². The van der Waals surface area contributed by atoms with Crippen molar-refractivity contribution in [3.8, 4) is 0 Å². The van der Waals surface area contributed by atoms with Crippen LogP contribution in [0, 0.1) is 11.8 Å². The minimum atomic E-state index is 0.448. The predicted octanol–water partition coefficient (Wildman–Crippen LogP) is 2.33. The summed E-state index contributed by atoms with van der Waals surface area (Å²) in [4.78, 5) is 0.